The maximum absolute atomic E-state index is 12.3. The number of nitrogens with zero attached hydrogens (tertiary/aromatic N) is 1. The maximum Gasteiger partial charge on any atom is 0.352 e. The monoisotopic (exact) mass is 280 g/mol. The Kier molecular flexibility index (Phi) is 3.54. The number of aromatic amines is 1. The zero-order chi connectivity index (χ0) is 14.2. The average molecular weight is 281 g/mol. The molecule has 102 valence electrons. The van der Waals surface area contributed by atoms with Gasteiger partial charge in [0.05, 0.1) is 6.20 Å². The SMILES string of the molecule is C[C@H](NC(=O)c1[nH]c(Cl)c2cccc[n+]12)C(C)(C)C. The van der Waals surface area contributed by atoms with E-state index in [4.69, 9.17) is 11.6 Å². The predicted molar refractivity (Wildman–Crippen MR) is 75.3 cm³/mol. The molecule has 2 aromatic rings. The van der Waals surface area contributed by atoms with Crippen LogP contribution in [0.5, 0.6) is 0 Å². The summed E-state index contributed by atoms with van der Waals surface area (Å²) >= 11 is 6.09. The number of nitrogens with one attached hydrogen (secondary N) is 2. The van der Waals surface area contributed by atoms with Gasteiger partial charge in [-0.1, -0.05) is 26.8 Å². The number of pyridine rings is 1. The van der Waals surface area contributed by atoms with Gasteiger partial charge in [0.2, 0.25) is 5.15 Å². The second-order valence-electron chi connectivity index (χ2n) is 5.80. The van der Waals surface area contributed by atoms with Crippen LogP contribution in [0.2, 0.25) is 5.15 Å². The normalized spacial score (nSPS) is 13.5. The topological polar surface area (TPSA) is 49.0 Å². The van der Waals surface area contributed by atoms with Crippen molar-refractivity contribution >= 4 is 23.0 Å². The molecule has 1 atom stereocenters. The maximum atomic E-state index is 12.3. The molecular formula is C14H19ClN3O+. The number of amides is 1. The van der Waals surface area contributed by atoms with Crippen molar-refractivity contribution in [2.24, 2.45) is 5.41 Å². The molecule has 0 saturated carbocycles. The van der Waals surface area contributed by atoms with Crippen molar-refractivity contribution < 1.29 is 9.20 Å². The van der Waals surface area contributed by atoms with Crippen molar-refractivity contribution in [3.8, 4) is 0 Å². The molecule has 0 radical (unpaired) electrons. The Morgan fingerprint density at radius 3 is 2.74 bits per heavy atom. The van der Waals surface area contributed by atoms with Gasteiger partial charge in [-0.15, -0.1) is 0 Å². The molecule has 2 aromatic heterocycles. The number of rotatable bonds is 2. The largest absolute Gasteiger partial charge is 0.352 e. The lowest BCUT2D eigenvalue weighted by molar-refractivity contribution is -0.514. The first-order chi connectivity index (χ1) is 8.80. The molecule has 0 aliphatic carbocycles. The Morgan fingerprint density at radius 2 is 2.11 bits per heavy atom. The first-order valence-electron chi connectivity index (χ1n) is 6.29. The highest BCUT2D eigenvalue weighted by Gasteiger charge is 2.28. The van der Waals surface area contributed by atoms with Crippen molar-refractivity contribution in [1.29, 1.82) is 0 Å². The van der Waals surface area contributed by atoms with E-state index < -0.39 is 0 Å². The molecule has 19 heavy (non-hydrogen) atoms. The van der Waals surface area contributed by atoms with E-state index >= 15 is 0 Å². The van der Waals surface area contributed by atoms with Gasteiger partial charge in [0.15, 0.2) is 5.52 Å². The molecule has 2 heterocycles. The third-order valence-corrected chi connectivity index (χ3v) is 3.70. The van der Waals surface area contributed by atoms with Gasteiger partial charge < -0.3 is 5.32 Å². The fourth-order valence-electron chi connectivity index (χ4n) is 1.69. The van der Waals surface area contributed by atoms with Crippen LogP contribution in [0, 0.1) is 5.41 Å². The molecule has 0 aromatic carbocycles. The summed E-state index contributed by atoms with van der Waals surface area (Å²) in [5.74, 6) is 0.284. The fourth-order valence-corrected chi connectivity index (χ4v) is 1.94. The number of H-pyrrole nitrogens is 1. The van der Waals surface area contributed by atoms with Crippen LogP contribution in [-0.2, 0) is 0 Å². The van der Waals surface area contributed by atoms with Crippen LogP contribution in [0.3, 0.4) is 0 Å². The highest BCUT2D eigenvalue weighted by atomic mass is 35.5. The molecule has 0 bridgehead atoms. The number of imidazole rings is 1. The van der Waals surface area contributed by atoms with Gasteiger partial charge in [-0.2, -0.15) is 4.40 Å². The van der Waals surface area contributed by atoms with Crippen LogP contribution >= 0.6 is 11.6 Å². The molecule has 2 N–H and O–H groups in total. The lowest BCUT2D eigenvalue weighted by Crippen LogP contribution is -2.44. The zero-order valence-electron chi connectivity index (χ0n) is 11.6. The summed E-state index contributed by atoms with van der Waals surface area (Å²) in [5, 5.41) is 3.46. The first kappa shape index (κ1) is 13.9. The molecule has 0 saturated heterocycles. The zero-order valence-corrected chi connectivity index (χ0v) is 12.4. The minimum absolute atomic E-state index is 0.00647. The second kappa shape index (κ2) is 4.85. The van der Waals surface area contributed by atoms with E-state index in [-0.39, 0.29) is 17.4 Å². The van der Waals surface area contributed by atoms with E-state index in [0.29, 0.717) is 11.0 Å². The fraction of sp³-hybridized carbons (Fsp3) is 0.429. The van der Waals surface area contributed by atoms with Gasteiger partial charge >= 0.3 is 11.7 Å². The standard InChI is InChI=1S/C14H18ClN3O/c1-9(14(2,3)4)16-13(19)12-17-11(15)10-7-5-6-8-18(10)12/h5-9H,1-4H3,(H,16,19)/p+1/t9-/m0/s1. The quantitative estimate of drug-likeness (QED) is 0.816. The molecule has 5 heteroatoms. The minimum atomic E-state index is -0.157. The molecule has 0 aliphatic heterocycles. The smallest absolute Gasteiger partial charge is 0.343 e. The van der Waals surface area contributed by atoms with E-state index in [2.05, 4.69) is 31.1 Å². The number of fused-ring (bicyclic) bond motifs is 1. The van der Waals surface area contributed by atoms with Gasteiger partial charge in [-0.25, -0.2) is 4.98 Å². The minimum Gasteiger partial charge on any atom is -0.343 e. The number of carbonyl (C=O) groups is 1. The first-order valence-corrected chi connectivity index (χ1v) is 6.67. The van der Waals surface area contributed by atoms with Crippen LogP contribution in [0.25, 0.3) is 5.52 Å². The molecule has 0 fully saturated rings. The van der Waals surface area contributed by atoms with Gasteiger partial charge in [-0.05, 0) is 36.1 Å². The van der Waals surface area contributed by atoms with Crippen molar-refractivity contribution in [1.82, 2.24) is 10.3 Å². The Morgan fingerprint density at radius 1 is 1.42 bits per heavy atom. The Balaban J connectivity index is 2.33. The molecule has 0 unspecified atom stereocenters. The van der Waals surface area contributed by atoms with E-state index in [9.17, 15) is 4.79 Å². The number of halogens is 1. The van der Waals surface area contributed by atoms with E-state index in [1.807, 2.05) is 31.3 Å². The van der Waals surface area contributed by atoms with Gasteiger partial charge in [0, 0.05) is 6.04 Å². The summed E-state index contributed by atoms with van der Waals surface area (Å²) in [4.78, 5) is 15.2. The number of hydrogen-bond acceptors (Lipinski definition) is 1. The highest BCUT2D eigenvalue weighted by molar-refractivity contribution is 6.32. The Bertz CT molecular complexity index is 613. The highest BCUT2D eigenvalue weighted by Crippen LogP contribution is 2.19. The van der Waals surface area contributed by atoms with E-state index in [1.54, 1.807) is 4.40 Å². The van der Waals surface area contributed by atoms with Crippen molar-refractivity contribution in [3.63, 3.8) is 0 Å². The summed E-state index contributed by atoms with van der Waals surface area (Å²) in [6.45, 7) is 8.26. The molecular weight excluding hydrogens is 262 g/mol. The molecule has 4 nitrogen and oxygen atoms in total. The second-order valence-corrected chi connectivity index (χ2v) is 6.18. The lowest BCUT2D eigenvalue weighted by Gasteiger charge is -2.27. The Hall–Kier alpha value is -1.55. The van der Waals surface area contributed by atoms with E-state index in [0.717, 1.165) is 5.52 Å². The summed E-state index contributed by atoms with van der Waals surface area (Å²) in [5.41, 5.74) is 0.796. The van der Waals surface area contributed by atoms with E-state index in [1.165, 1.54) is 0 Å². The average Bonchev–Trinajstić information content (AvgIpc) is 2.66. The lowest BCUT2D eigenvalue weighted by atomic mass is 9.88. The van der Waals surface area contributed by atoms with Gasteiger partial charge in [0.1, 0.15) is 0 Å². The third-order valence-electron chi connectivity index (χ3n) is 3.42. The van der Waals surface area contributed by atoms with Crippen LogP contribution in [0.15, 0.2) is 24.4 Å². The Labute approximate surface area is 117 Å². The third kappa shape index (κ3) is 2.73. The molecule has 2 rings (SSSR count). The summed E-state index contributed by atoms with van der Waals surface area (Å²) < 4.78 is 1.76. The summed E-state index contributed by atoms with van der Waals surface area (Å²) in [6.07, 6.45) is 1.81. The summed E-state index contributed by atoms with van der Waals surface area (Å²) in [6, 6.07) is 5.67. The van der Waals surface area contributed by atoms with Crippen LogP contribution in [-0.4, -0.2) is 16.9 Å². The molecule has 1 amide bonds. The van der Waals surface area contributed by atoms with Crippen molar-refractivity contribution in [3.05, 3.63) is 35.4 Å². The number of aromatic nitrogens is 2. The van der Waals surface area contributed by atoms with Crippen LogP contribution in [0.1, 0.15) is 38.3 Å². The number of carbonyl (C=O) groups excluding carboxylic acids is 1. The summed E-state index contributed by atoms with van der Waals surface area (Å²) in [7, 11) is 0. The van der Waals surface area contributed by atoms with Gasteiger partial charge in [-0.3, -0.25) is 4.79 Å². The predicted octanol–water partition coefficient (Wildman–Crippen LogP) is 2.57. The van der Waals surface area contributed by atoms with Gasteiger partial charge in [0.25, 0.3) is 0 Å². The van der Waals surface area contributed by atoms with Crippen LogP contribution < -0.4 is 9.72 Å². The van der Waals surface area contributed by atoms with Crippen molar-refractivity contribution in [2.45, 2.75) is 33.7 Å². The van der Waals surface area contributed by atoms with Crippen LogP contribution in [0.4, 0.5) is 0 Å². The molecule has 0 aliphatic rings. The van der Waals surface area contributed by atoms with Crippen molar-refractivity contribution in [2.75, 3.05) is 0 Å². The number of hydrogen-bond donors (Lipinski definition) is 2. The molecule has 0 spiro atoms.